The summed E-state index contributed by atoms with van der Waals surface area (Å²) in [4.78, 5) is 6.42. The number of ether oxygens (including phenoxy) is 3. The van der Waals surface area contributed by atoms with E-state index in [1.807, 2.05) is 33.2 Å². The van der Waals surface area contributed by atoms with Crippen LogP contribution in [0.3, 0.4) is 0 Å². The van der Waals surface area contributed by atoms with Gasteiger partial charge in [0.05, 0.1) is 26.9 Å². The summed E-state index contributed by atoms with van der Waals surface area (Å²) < 4.78 is 15.9. The third-order valence-electron chi connectivity index (χ3n) is 3.90. The van der Waals surface area contributed by atoms with Crippen molar-refractivity contribution >= 4 is 5.96 Å². The highest BCUT2D eigenvalue weighted by Crippen LogP contribution is 2.31. The Labute approximate surface area is 151 Å². The van der Waals surface area contributed by atoms with Crippen molar-refractivity contribution in [3.63, 3.8) is 0 Å². The molecule has 2 N–H and O–H groups in total. The summed E-state index contributed by atoms with van der Waals surface area (Å²) in [6.07, 6.45) is 0. The van der Waals surface area contributed by atoms with Gasteiger partial charge in [0.25, 0.3) is 0 Å². The number of methoxy groups -OCH3 is 3. The predicted octanol–water partition coefficient (Wildman–Crippen LogP) is 1.51. The molecule has 0 amide bonds. The molecule has 0 bridgehead atoms. The number of hydrogen-bond acceptors (Lipinski definition) is 5. The van der Waals surface area contributed by atoms with Crippen molar-refractivity contribution in [3.8, 4) is 11.5 Å². The van der Waals surface area contributed by atoms with E-state index in [-0.39, 0.29) is 12.1 Å². The van der Waals surface area contributed by atoms with Crippen molar-refractivity contribution in [1.82, 2.24) is 15.5 Å². The lowest BCUT2D eigenvalue weighted by molar-refractivity contribution is 0.179. The Morgan fingerprint density at radius 1 is 1.16 bits per heavy atom. The summed E-state index contributed by atoms with van der Waals surface area (Å²) in [5.74, 6) is 2.20. The molecule has 25 heavy (non-hydrogen) atoms. The van der Waals surface area contributed by atoms with Gasteiger partial charge in [-0.25, -0.2) is 0 Å². The predicted molar refractivity (Wildman–Crippen MR) is 102 cm³/mol. The molecular formula is C18H32N4O3. The molecule has 0 aliphatic heterocycles. The highest BCUT2D eigenvalue weighted by molar-refractivity contribution is 5.80. The molecule has 7 nitrogen and oxygen atoms in total. The van der Waals surface area contributed by atoms with E-state index in [0.29, 0.717) is 13.2 Å². The quantitative estimate of drug-likeness (QED) is 0.519. The maximum Gasteiger partial charge on any atom is 0.191 e. The van der Waals surface area contributed by atoms with E-state index in [1.54, 1.807) is 28.4 Å². The van der Waals surface area contributed by atoms with Crippen molar-refractivity contribution in [2.45, 2.75) is 19.0 Å². The molecule has 0 heterocycles. The van der Waals surface area contributed by atoms with Gasteiger partial charge in [-0.3, -0.25) is 4.99 Å². The Morgan fingerprint density at radius 3 is 2.36 bits per heavy atom. The first-order chi connectivity index (χ1) is 12.0. The van der Waals surface area contributed by atoms with Gasteiger partial charge in [0, 0.05) is 26.7 Å². The number of hydrogen-bond donors (Lipinski definition) is 2. The summed E-state index contributed by atoms with van der Waals surface area (Å²) in [7, 11) is 10.8. The molecule has 7 heteroatoms. The van der Waals surface area contributed by atoms with Crippen molar-refractivity contribution in [2.24, 2.45) is 4.99 Å². The first-order valence-corrected chi connectivity index (χ1v) is 8.31. The lowest BCUT2D eigenvalue weighted by atomic mass is 10.1. The van der Waals surface area contributed by atoms with Crippen LogP contribution in [0.2, 0.25) is 0 Å². The minimum atomic E-state index is 0.149. The van der Waals surface area contributed by atoms with Crippen LogP contribution in [0.15, 0.2) is 23.2 Å². The molecule has 0 fully saturated rings. The summed E-state index contributed by atoms with van der Waals surface area (Å²) in [5.41, 5.74) is 1.13. The van der Waals surface area contributed by atoms with Gasteiger partial charge in [-0.2, -0.15) is 0 Å². The van der Waals surface area contributed by atoms with Crippen molar-refractivity contribution in [2.75, 3.05) is 55.6 Å². The molecule has 0 aliphatic rings. The number of guanidine groups is 1. The first-order valence-electron chi connectivity index (χ1n) is 8.31. The number of rotatable bonds is 9. The molecule has 142 valence electrons. The van der Waals surface area contributed by atoms with Crippen molar-refractivity contribution in [3.05, 3.63) is 23.8 Å². The Hall–Kier alpha value is -1.99. The van der Waals surface area contributed by atoms with Crippen LogP contribution < -0.4 is 20.1 Å². The molecule has 0 radical (unpaired) electrons. The Balaban J connectivity index is 2.84. The maximum atomic E-state index is 5.42. The van der Waals surface area contributed by atoms with Crippen molar-refractivity contribution < 1.29 is 14.2 Å². The molecule has 2 atom stereocenters. The lowest BCUT2D eigenvalue weighted by Gasteiger charge is -2.27. The average molecular weight is 352 g/mol. The van der Waals surface area contributed by atoms with Gasteiger partial charge in [-0.05, 0) is 38.7 Å². The maximum absolute atomic E-state index is 5.42. The zero-order valence-electron chi connectivity index (χ0n) is 16.4. The van der Waals surface area contributed by atoms with Gasteiger partial charge in [0.1, 0.15) is 0 Å². The van der Waals surface area contributed by atoms with Gasteiger partial charge in [-0.1, -0.05) is 6.07 Å². The number of likely N-dealkylation sites (N-methyl/N-ethyl adjacent to an activating group) is 1. The van der Waals surface area contributed by atoms with E-state index >= 15 is 0 Å². The number of aliphatic imine (C=N–C) groups is 1. The molecule has 0 saturated carbocycles. The normalized spacial score (nSPS) is 14.2. The van der Waals surface area contributed by atoms with Crippen LogP contribution >= 0.6 is 0 Å². The Morgan fingerprint density at radius 2 is 1.84 bits per heavy atom. The molecule has 0 aromatic heterocycles. The van der Waals surface area contributed by atoms with Crippen LogP contribution in [0, 0.1) is 0 Å². The van der Waals surface area contributed by atoms with E-state index in [9.17, 15) is 0 Å². The second-order valence-electron chi connectivity index (χ2n) is 6.05. The molecule has 0 saturated heterocycles. The third-order valence-corrected chi connectivity index (χ3v) is 3.90. The van der Waals surface area contributed by atoms with Crippen LogP contribution in [-0.2, 0) is 4.74 Å². The zero-order chi connectivity index (χ0) is 18.8. The molecule has 1 aromatic carbocycles. The van der Waals surface area contributed by atoms with E-state index < -0.39 is 0 Å². The molecule has 2 unspecified atom stereocenters. The van der Waals surface area contributed by atoms with Gasteiger partial charge in [-0.15, -0.1) is 0 Å². The summed E-state index contributed by atoms with van der Waals surface area (Å²) in [6.45, 7) is 3.36. The highest BCUT2D eigenvalue weighted by atomic mass is 16.5. The van der Waals surface area contributed by atoms with E-state index in [0.717, 1.165) is 23.0 Å². The fourth-order valence-corrected chi connectivity index (χ4v) is 2.57. The lowest BCUT2D eigenvalue weighted by Crippen LogP contribution is -2.46. The minimum absolute atomic E-state index is 0.149. The van der Waals surface area contributed by atoms with Gasteiger partial charge >= 0.3 is 0 Å². The highest BCUT2D eigenvalue weighted by Gasteiger charge is 2.17. The molecule has 0 spiro atoms. The monoisotopic (exact) mass is 352 g/mol. The fraction of sp³-hybridized carbons (Fsp3) is 0.611. The first kappa shape index (κ1) is 21.1. The molecule has 1 rings (SSSR count). The average Bonchev–Trinajstić information content (AvgIpc) is 2.60. The topological polar surface area (TPSA) is 67.4 Å². The number of nitrogens with one attached hydrogen (secondary N) is 2. The van der Waals surface area contributed by atoms with Crippen LogP contribution in [-0.4, -0.2) is 72.5 Å². The van der Waals surface area contributed by atoms with E-state index in [1.165, 1.54) is 0 Å². The van der Waals surface area contributed by atoms with Crippen LogP contribution in [0.1, 0.15) is 18.5 Å². The fourth-order valence-electron chi connectivity index (χ4n) is 2.57. The number of nitrogens with zero attached hydrogens (tertiary/aromatic N) is 2. The van der Waals surface area contributed by atoms with Crippen molar-refractivity contribution in [1.29, 1.82) is 0 Å². The smallest absolute Gasteiger partial charge is 0.191 e. The summed E-state index contributed by atoms with van der Waals surface area (Å²) in [6, 6.07) is 6.32. The standard InChI is InChI=1S/C18H32N4O3/c1-13(12-23-5)21-18(19-2)20-11-15(22(3)4)14-8-9-16(24-6)17(10-14)25-7/h8-10,13,15H,11-12H2,1-7H3,(H2,19,20,21). The van der Waals surface area contributed by atoms with Gasteiger partial charge < -0.3 is 29.7 Å². The van der Waals surface area contributed by atoms with Crippen LogP contribution in [0.25, 0.3) is 0 Å². The Kier molecular flexibility index (Phi) is 9.08. The van der Waals surface area contributed by atoms with Gasteiger partial charge in [0.15, 0.2) is 17.5 Å². The van der Waals surface area contributed by atoms with E-state index in [2.05, 4.69) is 26.6 Å². The molecule has 1 aromatic rings. The molecule has 0 aliphatic carbocycles. The van der Waals surface area contributed by atoms with Gasteiger partial charge in [0.2, 0.25) is 0 Å². The largest absolute Gasteiger partial charge is 0.493 e. The third kappa shape index (κ3) is 6.43. The van der Waals surface area contributed by atoms with E-state index in [4.69, 9.17) is 14.2 Å². The Bertz CT molecular complexity index is 549. The minimum Gasteiger partial charge on any atom is -0.493 e. The SMILES string of the molecule is CN=C(NCC(c1ccc(OC)c(OC)c1)N(C)C)NC(C)COC. The summed E-state index contributed by atoms with van der Waals surface area (Å²) in [5, 5.41) is 6.68. The molecular weight excluding hydrogens is 320 g/mol. The van der Waals surface area contributed by atoms with Crippen LogP contribution in [0.4, 0.5) is 0 Å². The second kappa shape index (κ2) is 10.8. The zero-order valence-corrected chi connectivity index (χ0v) is 16.4. The van der Waals surface area contributed by atoms with Crippen LogP contribution in [0.5, 0.6) is 11.5 Å². The summed E-state index contributed by atoms with van der Waals surface area (Å²) >= 11 is 0. The second-order valence-corrected chi connectivity index (χ2v) is 6.05. The number of benzene rings is 1.